The second-order valence-electron chi connectivity index (χ2n) is 5.09. The van der Waals surface area contributed by atoms with Crippen molar-refractivity contribution in [2.75, 3.05) is 11.9 Å². The number of carbonyl (C=O) groups is 1. The number of hydrogen-bond donors (Lipinski definition) is 2. The Hall–Kier alpha value is -1.56. The van der Waals surface area contributed by atoms with Crippen molar-refractivity contribution < 1.29 is 13.2 Å². The SMILES string of the molecule is CC(C)S(=O)(=O)c1ccc2c(c1)C(CC(N)=O)CN2. The van der Waals surface area contributed by atoms with E-state index in [9.17, 15) is 13.2 Å². The van der Waals surface area contributed by atoms with E-state index in [2.05, 4.69) is 5.32 Å². The molecule has 0 radical (unpaired) electrons. The summed E-state index contributed by atoms with van der Waals surface area (Å²) in [5, 5.41) is 2.70. The molecule has 0 saturated heterocycles. The van der Waals surface area contributed by atoms with Crippen LogP contribution < -0.4 is 11.1 Å². The predicted molar refractivity (Wildman–Crippen MR) is 73.8 cm³/mol. The molecule has 1 aliphatic heterocycles. The van der Waals surface area contributed by atoms with E-state index in [0.29, 0.717) is 11.4 Å². The average molecular weight is 282 g/mol. The molecule has 0 aromatic heterocycles. The summed E-state index contributed by atoms with van der Waals surface area (Å²) in [6.07, 6.45) is 0.227. The third-order valence-corrected chi connectivity index (χ3v) is 5.55. The smallest absolute Gasteiger partial charge is 0.218 e. The molecule has 1 aromatic carbocycles. The maximum absolute atomic E-state index is 12.1. The second-order valence-corrected chi connectivity index (χ2v) is 7.60. The van der Waals surface area contributed by atoms with Gasteiger partial charge in [0.1, 0.15) is 0 Å². The highest BCUT2D eigenvalue weighted by atomic mass is 32.2. The van der Waals surface area contributed by atoms with E-state index in [-0.39, 0.29) is 18.2 Å². The van der Waals surface area contributed by atoms with E-state index < -0.39 is 15.1 Å². The topological polar surface area (TPSA) is 89.3 Å². The van der Waals surface area contributed by atoms with Crippen LogP contribution in [0.3, 0.4) is 0 Å². The lowest BCUT2D eigenvalue weighted by molar-refractivity contribution is -0.118. The van der Waals surface area contributed by atoms with E-state index in [1.165, 1.54) is 0 Å². The third kappa shape index (κ3) is 2.58. The number of rotatable bonds is 4. The molecular weight excluding hydrogens is 264 g/mol. The van der Waals surface area contributed by atoms with Crippen molar-refractivity contribution in [1.29, 1.82) is 0 Å². The Morgan fingerprint density at radius 2 is 2.16 bits per heavy atom. The first-order chi connectivity index (χ1) is 8.82. The standard InChI is InChI=1S/C13H18N2O3S/c1-8(2)19(17,18)10-3-4-12-11(6-10)9(7-15-12)5-13(14)16/h3-4,6,8-9,15H,5,7H2,1-2H3,(H2,14,16). The van der Waals surface area contributed by atoms with Crippen LogP contribution in [0.5, 0.6) is 0 Å². The molecule has 19 heavy (non-hydrogen) atoms. The number of amides is 1. The molecule has 104 valence electrons. The van der Waals surface area contributed by atoms with Crippen LogP contribution in [0.25, 0.3) is 0 Å². The van der Waals surface area contributed by atoms with E-state index in [4.69, 9.17) is 5.73 Å². The summed E-state index contributed by atoms with van der Waals surface area (Å²) in [6, 6.07) is 5.03. The maximum Gasteiger partial charge on any atom is 0.218 e. The van der Waals surface area contributed by atoms with Crippen molar-refractivity contribution in [3.8, 4) is 0 Å². The highest BCUT2D eigenvalue weighted by Crippen LogP contribution is 2.35. The van der Waals surface area contributed by atoms with Crippen molar-refractivity contribution in [3.63, 3.8) is 0 Å². The number of hydrogen-bond acceptors (Lipinski definition) is 4. The minimum atomic E-state index is -3.29. The number of anilines is 1. The van der Waals surface area contributed by atoms with Crippen LogP contribution in [0.2, 0.25) is 0 Å². The molecule has 1 unspecified atom stereocenters. The van der Waals surface area contributed by atoms with Gasteiger partial charge in [-0.2, -0.15) is 0 Å². The lowest BCUT2D eigenvalue weighted by Crippen LogP contribution is -2.17. The summed E-state index contributed by atoms with van der Waals surface area (Å²) < 4.78 is 24.3. The van der Waals surface area contributed by atoms with Gasteiger partial charge >= 0.3 is 0 Å². The van der Waals surface area contributed by atoms with Crippen molar-refractivity contribution in [1.82, 2.24) is 0 Å². The summed E-state index contributed by atoms with van der Waals surface area (Å²) in [5.74, 6) is -0.424. The highest BCUT2D eigenvalue weighted by Gasteiger charge is 2.27. The Morgan fingerprint density at radius 3 is 2.74 bits per heavy atom. The van der Waals surface area contributed by atoms with Crippen LogP contribution in [-0.4, -0.2) is 26.1 Å². The van der Waals surface area contributed by atoms with Gasteiger partial charge in [0.25, 0.3) is 0 Å². The fraction of sp³-hybridized carbons (Fsp3) is 0.462. The van der Waals surface area contributed by atoms with E-state index >= 15 is 0 Å². The number of benzene rings is 1. The van der Waals surface area contributed by atoms with Gasteiger partial charge in [-0.15, -0.1) is 0 Å². The Labute approximate surface area is 113 Å². The minimum absolute atomic E-state index is 0.0465. The minimum Gasteiger partial charge on any atom is -0.384 e. The van der Waals surface area contributed by atoms with E-state index in [0.717, 1.165) is 11.3 Å². The zero-order valence-electron chi connectivity index (χ0n) is 11.0. The van der Waals surface area contributed by atoms with Gasteiger partial charge in [-0.3, -0.25) is 4.79 Å². The third-order valence-electron chi connectivity index (χ3n) is 3.40. The molecule has 3 N–H and O–H groups in total. The van der Waals surface area contributed by atoms with Gasteiger partial charge in [-0.05, 0) is 37.6 Å². The number of nitrogens with two attached hydrogens (primary N) is 1. The molecule has 6 heteroatoms. The summed E-state index contributed by atoms with van der Waals surface area (Å²) in [4.78, 5) is 11.3. The molecule has 0 spiro atoms. The van der Waals surface area contributed by atoms with Gasteiger partial charge in [0.05, 0.1) is 10.1 Å². The molecular formula is C13H18N2O3S. The zero-order chi connectivity index (χ0) is 14.2. The molecule has 1 heterocycles. The molecule has 5 nitrogen and oxygen atoms in total. The Balaban J connectivity index is 2.41. The number of sulfone groups is 1. The predicted octanol–water partition coefficient (Wildman–Crippen LogP) is 1.25. The van der Waals surface area contributed by atoms with Crippen molar-refractivity contribution in [2.24, 2.45) is 5.73 Å². The van der Waals surface area contributed by atoms with Crippen LogP contribution >= 0.6 is 0 Å². The van der Waals surface area contributed by atoms with Crippen molar-refractivity contribution in [2.45, 2.75) is 36.3 Å². The molecule has 0 bridgehead atoms. The van der Waals surface area contributed by atoms with Crippen LogP contribution in [0.15, 0.2) is 23.1 Å². The van der Waals surface area contributed by atoms with Gasteiger partial charge < -0.3 is 11.1 Å². The maximum atomic E-state index is 12.1. The molecule has 0 aliphatic carbocycles. The van der Waals surface area contributed by atoms with Crippen LogP contribution in [0, 0.1) is 0 Å². The summed E-state index contributed by atoms with van der Waals surface area (Å²) in [7, 11) is -3.29. The number of fused-ring (bicyclic) bond motifs is 1. The van der Waals surface area contributed by atoms with Gasteiger partial charge in [0.15, 0.2) is 9.84 Å². The first-order valence-corrected chi connectivity index (χ1v) is 7.77. The number of carbonyl (C=O) groups excluding carboxylic acids is 1. The van der Waals surface area contributed by atoms with Gasteiger partial charge in [0, 0.05) is 24.6 Å². The monoisotopic (exact) mass is 282 g/mol. The second kappa shape index (κ2) is 4.85. The van der Waals surface area contributed by atoms with Crippen LogP contribution in [-0.2, 0) is 14.6 Å². The largest absolute Gasteiger partial charge is 0.384 e. The molecule has 1 aromatic rings. The lowest BCUT2D eigenvalue weighted by atomic mass is 9.98. The lowest BCUT2D eigenvalue weighted by Gasteiger charge is -2.11. The van der Waals surface area contributed by atoms with Gasteiger partial charge in [-0.25, -0.2) is 8.42 Å². The van der Waals surface area contributed by atoms with Crippen molar-refractivity contribution >= 4 is 21.4 Å². The van der Waals surface area contributed by atoms with Crippen LogP contribution in [0.1, 0.15) is 31.7 Å². The fourth-order valence-corrected chi connectivity index (χ4v) is 3.35. The number of primary amides is 1. The molecule has 1 amide bonds. The molecule has 2 rings (SSSR count). The Bertz CT molecular complexity index is 608. The Kier molecular flexibility index (Phi) is 3.54. The molecule has 0 saturated carbocycles. The van der Waals surface area contributed by atoms with Gasteiger partial charge in [0.2, 0.25) is 5.91 Å². The summed E-state index contributed by atoms with van der Waals surface area (Å²) in [5.41, 5.74) is 6.96. The van der Waals surface area contributed by atoms with E-state index in [1.807, 2.05) is 0 Å². The van der Waals surface area contributed by atoms with E-state index in [1.54, 1.807) is 32.0 Å². The summed E-state index contributed by atoms with van der Waals surface area (Å²) in [6.45, 7) is 3.92. The quantitative estimate of drug-likeness (QED) is 0.870. The Morgan fingerprint density at radius 1 is 1.47 bits per heavy atom. The first-order valence-electron chi connectivity index (χ1n) is 6.22. The van der Waals surface area contributed by atoms with Crippen LogP contribution in [0.4, 0.5) is 5.69 Å². The molecule has 0 fully saturated rings. The first kappa shape index (κ1) is 13.9. The molecule has 1 aliphatic rings. The number of nitrogens with one attached hydrogen (secondary N) is 1. The van der Waals surface area contributed by atoms with Crippen molar-refractivity contribution in [3.05, 3.63) is 23.8 Å². The average Bonchev–Trinajstić information content (AvgIpc) is 2.71. The fourth-order valence-electron chi connectivity index (χ4n) is 2.26. The van der Waals surface area contributed by atoms with Gasteiger partial charge in [-0.1, -0.05) is 0 Å². The highest BCUT2D eigenvalue weighted by molar-refractivity contribution is 7.92. The molecule has 1 atom stereocenters. The normalized spacial score (nSPS) is 18.2. The zero-order valence-corrected chi connectivity index (χ0v) is 11.8. The summed E-state index contributed by atoms with van der Waals surface area (Å²) >= 11 is 0.